The van der Waals surface area contributed by atoms with Gasteiger partial charge >= 0.3 is 5.97 Å². The van der Waals surface area contributed by atoms with E-state index in [1.165, 1.54) is 18.2 Å². The highest BCUT2D eigenvalue weighted by Crippen LogP contribution is 2.27. The lowest BCUT2D eigenvalue weighted by atomic mass is 10.1. The number of hydrogen-bond acceptors (Lipinski definition) is 5. The van der Waals surface area contributed by atoms with Crippen LogP contribution in [0.4, 0.5) is 10.1 Å². The quantitative estimate of drug-likeness (QED) is 0.437. The lowest BCUT2D eigenvalue weighted by Gasteiger charge is -2.13. The number of anilines is 1. The fraction of sp³-hybridized carbons (Fsp3) is 0.211. The number of rotatable bonds is 6. The van der Waals surface area contributed by atoms with Crippen LogP contribution in [-0.4, -0.2) is 18.5 Å². The largest absolute Gasteiger partial charge is 0.455 e. The molecule has 2 aromatic carbocycles. The van der Waals surface area contributed by atoms with Crippen molar-refractivity contribution in [3.8, 4) is 5.40 Å². The number of halogens is 2. The molecule has 0 aliphatic carbocycles. The second-order valence-electron chi connectivity index (χ2n) is 5.71. The third-order valence-corrected chi connectivity index (χ3v) is 4.60. The van der Waals surface area contributed by atoms with Crippen LogP contribution >= 0.6 is 23.4 Å². The molecule has 2 aromatic rings. The summed E-state index contributed by atoms with van der Waals surface area (Å²) in [6.45, 7) is 3.10. The standard InChI is InChI=1S/C19H16ClFN2O3S/c1-11-6-13(27-10-22)7-12(2)19(11)23-17(24)9-26-18(25)8-14-15(20)4-3-5-16(14)21/h3-7H,8-9H2,1-2H3,(H,23,24). The highest BCUT2D eigenvalue weighted by Gasteiger charge is 2.15. The highest BCUT2D eigenvalue weighted by molar-refractivity contribution is 8.03. The van der Waals surface area contributed by atoms with Gasteiger partial charge in [0.15, 0.2) is 6.61 Å². The van der Waals surface area contributed by atoms with E-state index >= 15 is 0 Å². The number of thiocyanates is 1. The van der Waals surface area contributed by atoms with Gasteiger partial charge in [-0.1, -0.05) is 17.7 Å². The van der Waals surface area contributed by atoms with Crippen LogP contribution in [-0.2, 0) is 20.7 Å². The number of amides is 1. The monoisotopic (exact) mass is 406 g/mol. The summed E-state index contributed by atoms with van der Waals surface area (Å²) in [5.74, 6) is -1.88. The molecule has 0 bridgehead atoms. The van der Waals surface area contributed by atoms with Crippen molar-refractivity contribution in [2.24, 2.45) is 0 Å². The SMILES string of the molecule is Cc1cc(SC#N)cc(C)c1NC(=O)COC(=O)Cc1c(F)cccc1Cl. The van der Waals surface area contributed by atoms with Crippen LogP contribution in [0.2, 0.25) is 5.02 Å². The van der Waals surface area contributed by atoms with Gasteiger partial charge < -0.3 is 10.1 Å². The molecular formula is C19H16ClFN2O3S. The maximum Gasteiger partial charge on any atom is 0.310 e. The van der Waals surface area contributed by atoms with E-state index in [1.54, 1.807) is 26.0 Å². The number of nitriles is 1. The van der Waals surface area contributed by atoms with Crippen LogP contribution in [0, 0.1) is 30.3 Å². The molecular weight excluding hydrogens is 391 g/mol. The summed E-state index contributed by atoms with van der Waals surface area (Å²) in [4.78, 5) is 24.7. The minimum atomic E-state index is -0.758. The molecule has 2 rings (SSSR count). The number of carbonyl (C=O) groups excluding carboxylic acids is 2. The highest BCUT2D eigenvalue weighted by atomic mass is 35.5. The minimum Gasteiger partial charge on any atom is -0.455 e. The van der Waals surface area contributed by atoms with Crippen LogP contribution in [0.25, 0.3) is 0 Å². The van der Waals surface area contributed by atoms with Crippen molar-refractivity contribution in [2.45, 2.75) is 25.2 Å². The van der Waals surface area contributed by atoms with E-state index in [-0.39, 0.29) is 17.0 Å². The summed E-state index contributed by atoms with van der Waals surface area (Å²) >= 11 is 6.90. The van der Waals surface area contributed by atoms with Crippen LogP contribution in [0.1, 0.15) is 16.7 Å². The Balaban J connectivity index is 1.95. The predicted octanol–water partition coefficient (Wildman–Crippen LogP) is 4.39. The summed E-state index contributed by atoms with van der Waals surface area (Å²) < 4.78 is 18.6. The summed E-state index contributed by atoms with van der Waals surface area (Å²) in [5.41, 5.74) is 2.19. The maximum absolute atomic E-state index is 13.7. The fourth-order valence-corrected chi connectivity index (χ4v) is 3.26. The smallest absolute Gasteiger partial charge is 0.310 e. The molecule has 5 nitrogen and oxygen atoms in total. The second-order valence-corrected chi connectivity index (χ2v) is 6.98. The van der Waals surface area contributed by atoms with Gasteiger partial charge in [-0.25, -0.2) is 4.39 Å². The van der Waals surface area contributed by atoms with Gasteiger partial charge in [0.1, 0.15) is 11.2 Å². The molecule has 0 heterocycles. The van der Waals surface area contributed by atoms with Gasteiger partial charge in [0.05, 0.1) is 6.42 Å². The molecule has 140 valence electrons. The van der Waals surface area contributed by atoms with E-state index in [1.807, 2.05) is 5.40 Å². The molecule has 0 saturated heterocycles. The Bertz CT molecular complexity index is 884. The molecule has 8 heteroatoms. The number of aryl methyl sites for hydroxylation is 2. The molecule has 1 amide bonds. The van der Waals surface area contributed by atoms with Crippen LogP contribution < -0.4 is 5.32 Å². The van der Waals surface area contributed by atoms with E-state index < -0.39 is 24.3 Å². The Morgan fingerprint density at radius 1 is 1.30 bits per heavy atom. The first-order valence-electron chi connectivity index (χ1n) is 7.87. The topological polar surface area (TPSA) is 79.2 Å². The molecule has 0 saturated carbocycles. The number of benzene rings is 2. The van der Waals surface area contributed by atoms with E-state index in [4.69, 9.17) is 21.6 Å². The average Bonchev–Trinajstić information content (AvgIpc) is 2.60. The lowest BCUT2D eigenvalue weighted by molar-refractivity contribution is -0.146. The molecule has 0 fully saturated rings. The lowest BCUT2D eigenvalue weighted by Crippen LogP contribution is -2.22. The molecule has 0 aromatic heterocycles. The molecule has 0 aliphatic heterocycles. The van der Waals surface area contributed by atoms with E-state index in [9.17, 15) is 14.0 Å². The number of hydrogen-bond donors (Lipinski definition) is 1. The first kappa shape index (κ1) is 20.7. The third-order valence-electron chi connectivity index (χ3n) is 3.68. The Hall–Kier alpha value is -2.56. The van der Waals surface area contributed by atoms with Gasteiger partial charge in [0.2, 0.25) is 0 Å². The molecule has 0 unspecified atom stereocenters. The summed E-state index contributed by atoms with van der Waals surface area (Å²) in [6.07, 6.45) is -0.364. The van der Waals surface area contributed by atoms with Crippen LogP contribution in [0.3, 0.4) is 0 Å². The van der Waals surface area contributed by atoms with E-state index in [0.29, 0.717) is 5.69 Å². The van der Waals surface area contributed by atoms with E-state index in [0.717, 1.165) is 27.8 Å². The maximum atomic E-state index is 13.7. The number of ether oxygens (including phenoxy) is 1. The summed E-state index contributed by atoms with van der Waals surface area (Å²) in [7, 11) is 0. The Kier molecular flexibility index (Phi) is 7.22. The van der Waals surface area contributed by atoms with Crippen molar-refractivity contribution in [2.75, 3.05) is 11.9 Å². The number of nitrogens with zero attached hydrogens (tertiary/aromatic N) is 1. The Morgan fingerprint density at radius 3 is 2.56 bits per heavy atom. The third kappa shape index (κ3) is 5.71. The Morgan fingerprint density at radius 2 is 1.96 bits per heavy atom. The fourth-order valence-electron chi connectivity index (χ4n) is 2.45. The number of carbonyl (C=O) groups is 2. The van der Waals surface area contributed by atoms with Gasteiger partial charge in [0.25, 0.3) is 5.91 Å². The second kappa shape index (κ2) is 9.40. The molecule has 0 spiro atoms. The van der Waals surface area contributed by atoms with Crippen molar-refractivity contribution in [1.29, 1.82) is 5.26 Å². The molecule has 1 N–H and O–H groups in total. The van der Waals surface area contributed by atoms with Crippen molar-refractivity contribution in [1.82, 2.24) is 0 Å². The van der Waals surface area contributed by atoms with Gasteiger partial charge in [0, 0.05) is 21.2 Å². The summed E-state index contributed by atoms with van der Waals surface area (Å²) in [5, 5.41) is 13.5. The zero-order valence-corrected chi connectivity index (χ0v) is 16.2. The zero-order chi connectivity index (χ0) is 20.0. The average molecular weight is 407 g/mol. The molecule has 0 atom stereocenters. The number of thioether (sulfide) groups is 1. The van der Waals surface area contributed by atoms with Crippen LogP contribution in [0.5, 0.6) is 0 Å². The molecule has 0 radical (unpaired) electrons. The van der Waals surface area contributed by atoms with Crippen molar-refractivity contribution in [3.63, 3.8) is 0 Å². The van der Waals surface area contributed by atoms with Gasteiger partial charge in [-0.15, -0.1) is 0 Å². The summed E-state index contributed by atoms with van der Waals surface area (Å²) in [6, 6.07) is 7.66. The molecule has 27 heavy (non-hydrogen) atoms. The van der Waals surface area contributed by atoms with Crippen LogP contribution in [0.15, 0.2) is 35.2 Å². The van der Waals surface area contributed by atoms with Gasteiger partial charge in [-0.05, 0) is 61.0 Å². The number of nitrogens with one attached hydrogen (secondary N) is 1. The molecule has 0 aliphatic rings. The van der Waals surface area contributed by atoms with Gasteiger partial charge in [-0.2, -0.15) is 5.26 Å². The first-order valence-corrected chi connectivity index (χ1v) is 9.06. The Labute approximate surface area is 165 Å². The van der Waals surface area contributed by atoms with Crippen molar-refractivity contribution < 1.29 is 18.7 Å². The van der Waals surface area contributed by atoms with Crippen molar-refractivity contribution in [3.05, 3.63) is 57.9 Å². The first-order chi connectivity index (χ1) is 12.8. The normalized spacial score (nSPS) is 10.2. The minimum absolute atomic E-state index is 0.0295. The van der Waals surface area contributed by atoms with Gasteiger partial charge in [-0.3, -0.25) is 9.59 Å². The van der Waals surface area contributed by atoms with E-state index in [2.05, 4.69) is 5.32 Å². The van der Waals surface area contributed by atoms with Crippen molar-refractivity contribution >= 4 is 40.9 Å². The predicted molar refractivity (Wildman–Crippen MR) is 102 cm³/mol. The number of esters is 1. The zero-order valence-electron chi connectivity index (χ0n) is 14.6.